The number of benzene rings is 2. The zero-order valence-electron chi connectivity index (χ0n) is 24.7. The topological polar surface area (TPSA) is 196 Å². The minimum Gasteiger partial charge on any atom is -0.457 e. The Bertz CT molecular complexity index is 1610. The fraction of sp³-hybridized carbons (Fsp3) is 0.333. The number of likely N-dealkylation sites (tertiary alicyclic amines) is 1. The molecule has 0 spiro atoms. The quantitative estimate of drug-likeness (QED) is 0.0502. The van der Waals surface area contributed by atoms with Gasteiger partial charge in [-0.25, -0.2) is 8.78 Å². The summed E-state index contributed by atoms with van der Waals surface area (Å²) in [5.41, 5.74) is 12.6. The van der Waals surface area contributed by atoms with Gasteiger partial charge in [-0.05, 0) is 67.1 Å². The van der Waals surface area contributed by atoms with E-state index in [0.29, 0.717) is 21.9 Å². The number of amides is 3. The number of nitrogens with one attached hydrogen (secondary N) is 3. The monoisotopic (exact) mass is 654 g/mol. The van der Waals surface area contributed by atoms with E-state index in [-0.39, 0.29) is 31.0 Å². The first-order chi connectivity index (χ1) is 22.0. The predicted molar refractivity (Wildman–Crippen MR) is 166 cm³/mol. The number of halogens is 2. The van der Waals surface area contributed by atoms with Crippen molar-refractivity contribution >= 4 is 34.9 Å². The molecule has 0 aliphatic carbocycles. The molecule has 242 valence electrons. The molecule has 16 heteroatoms. The zero-order valence-corrected chi connectivity index (χ0v) is 25.6. The van der Waals surface area contributed by atoms with Crippen LogP contribution in [0.2, 0.25) is 0 Å². The molecule has 4 rings (SSSR count). The summed E-state index contributed by atoms with van der Waals surface area (Å²) < 4.78 is 40.0. The van der Waals surface area contributed by atoms with E-state index < -0.39 is 61.0 Å². The van der Waals surface area contributed by atoms with Gasteiger partial charge in [-0.1, -0.05) is 5.11 Å². The number of amidine groups is 1. The van der Waals surface area contributed by atoms with Crippen LogP contribution in [0.1, 0.15) is 40.2 Å². The normalized spacial score (nSPS) is 17.9. The maximum absolute atomic E-state index is 15.9. The molecule has 1 aliphatic heterocycles. The second-order valence-corrected chi connectivity index (χ2v) is 11.5. The number of nitrogens with zero attached hydrogens (tertiary/aromatic N) is 4. The summed E-state index contributed by atoms with van der Waals surface area (Å²) in [5.74, 6) is -1.57. The number of ether oxygens (including phenoxy) is 2. The molecule has 3 aromatic rings. The van der Waals surface area contributed by atoms with Crippen LogP contribution in [0.5, 0.6) is 11.5 Å². The Labute approximate surface area is 266 Å². The molecular formula is C30H32F2N8O5S. The molecule has 3 atom stereocenters. The van der Waals surface area contributed by atoms with E-state index in [4.69, 9.17) is 26.1 Å². The van der Waals surface area contributed by atoms with Crippen molar-refractivity contribution < 1.29 is 32.6 Å². The van der Waals surface area contributed by atoms with Crippen LogP contribution in [0, 0.1) is 11.2 Å². The van der Waals surface area contributed by atoms with E-state index >= 15 is 4.39 Å². The maximum atomic E-state index is 15.9. The second kappa shape index (κ2) is 15.3. The van der Waals surface area contributed by atoms with Crippen molar-refractivity contribution in [2.45, 2.75) is 31.1 Å². The minimum absolute atomic E-state index is 0.00884. The lowest BCUT2D eigenvalue weighted by atomic mass is 10.0. The number of hydrogen-bond acceptors (Lipinski definition) is 8. The molecule has 5 N–H and O–H groups in total. The third kappa shape index (κ3) is 9.00. The second-order valence-electron chi connectivity index (χ2n) is 10.5. The van der Waals surface area contributed by atoms with Crippen molar-refractivity contribution in [2.75, 3.05) is 32.8 Å². The highest BCUT2D eigenvalue weighted by Crippen LogP contribution is 2.32. The molecule has 13 nitrogen and oxygen atoms in total. The molecule has 0 bridgehead atoms. The Kier molecular flexibility index (Phi) is 11.2. The van der Waals surface area contributed by atoms with Gasteiger partial charge in [0.1, 0.15) is 29.2 Å². The summed E-state index contributed by atoms with van der Waals surface area (Å²) >= 11 is 1.29. The van der Waals surface area contributed by atoms with Crippen LogP contribution in [-0.2, 0) is 14.3 Å². The summed E-state index contributed by atoms with van der Waals surface area (Å²) in [4.78, 5) is 43.9. The summed E-state index contributed by atoms with van der Waals surface area (Å²) in [5, 5.41) is 17.9. The van der Waals surface area contributed by atoms with Crippen molar-refractivity contribution in [3.63, 3.8) is 0 Å². The van der Waals surface area contributed by atoms with Gasteiger partial charge in [-0.3, -0.25) is 19.8 Å². The maximum Gasteiger partial charge on any atom is 0.251 e. The number of alkyl halides is 1. The Morgan fingerprint density at radius 3 is 2.50 bits per heavy atom. The van der Waals surface area contributed by atoms with E-state index in [0.717, 1.165) is 4.90 Å². The summed E-state index contributed by atoms with van der Waals surface area (Å²) in [6.07, 6.45) is -0.356. The van der Waals surface area contributed by atoms with Crippen molar-refractivity contribution in [2.24, 2.45) is 10.8 Å². The van der Waals surface area contributed by atoms with E-state index in [1.807, 2.05) is 0 Å². The Hall–Kier alpha value is -5.05. The number of azide groups is 1. The smallest absolute Gasteiger partial charge is 0.251 e. The predicted octanol–water partition coefficient (Wildman–Crippen LogP) is 4.21. The molecule has 2 heterocycles. The molecular weight excluding hydrogens is 622 g/mol. The first kappa shape index (κ1) is 33.8. The Morgan fingerprint density at radius 1 is 1.20 bits per heavy atom. The number of nitrogens with two attached hydrogens (primary N) is 1. The molecule has 0 radical (unpaired) electrons. The lowest BCUT2D eigenvalue weighted by Crippen LogP contribution is -2.49. The Morgan fingerprint density at radius 2 is 1.87 bits per heavy atom. The fourth-order valence-electron chi connectivity index (χ4n) is 4.72. The lowest BCUT2D eigenvalue weighted by Gasteiger charge is -2.25. The zero-order chi connectivity index (χ0) is 33.3. The molecule has 0 unspecified atom stereocenters. The van der Waals surface area contributed by atoms with Gasteiger partial charge in [-0.2, -0.15) is 0 Å². The largest absolute Gasteiger partial charge is 0.457 e. The molecule has 1 fully saturated rings. The van der Waals surface area contributed by atoms with E-state index in [1.54, 1.807) is 18.4 Å². The molecule has 2 aromatic carbocycles. The van der Waals surface area contributed by atoms with Gasteiger partial charge in [0.15, 0.2) is 5.67 Å². The van der Waals surface area contributed by atoms with Gasteiger partial charge < -0.3 is 30.7 Å². The lowest BCUT2D eigenvalue weighted by molar-refractivity contribution is -0.138. The number of nitrogen functional groups attached to an aromatic ring is 1. The van der Waals surface area contributed by atoms with Crippen LogP contribution in [0.15, 0.2) is 65.1 Å². The molecule has 1 aromatic heterocycles. The van der Waals surface area contributed by atoms with Crippen molar-refractivity contribution in [3.8, 4) is 11.5 Å². The molecule has 1 saturated heterocycles. The van der Waals surface area contributed by atoms with Crippen LogP contribution in [0.3, 0.4) is 0 Å². The van der Waals surface area contributed by atoms with Gasteiger partial charge in [0, 0.05) is 39.3 Å². The SMILES string of the molecule is C[C@@H](NC(=O)[C@@H]1C[C@](F)(COCCN=[N+]=[N-])CN1C(=O)CNC(=O)c1ccc(Oc2ccc(F)cc2)cc1)c1cc(C(=N)N)cs1. The number of hydrogen-bond donors (Lipinski definition) is 4. The fourth-order valence-corrected chi connectivity index (χ4v) is 5.63. The molecule has 3 amide bonds. The van der Waals surface area contributed by atoms with E-state index in [2.05, 4.69) is 20.7 Å². The number of carbonyl (C=O) groups is 3. The van der Waals surface area contributed by atoms with E-state index in [1.165, 1.54) is 59.9 Å². The molecule has 46 heavy (non-hydrogen) atoms. The van der Waals surface area contributed by atoms with Crippen LogP contribution in [0.25, 0.3) is 10.4 Å². The van der Waals surface area contributed by atoms with Crippen molar-refractivity contribution in [3.05, 3.63) is 92.2 Å². The first-order valence-corrected chi connectivity index (χ1v) is 15.0. The van der Waals surface area contributed by atoms with E-state index in [9.17, 15) is 18.8 Å². The summed E-state index contributed by atoms with van der Waals surface area (Å²) in [6.45, 7) is 0.254. The van der Waals surface area contributed by atoms with Gasteiger partial charge in [-0.15, -0.1) is 11.3 Å². The van der Waals surface area contributed by atoms with Gasteiger partial charge in [0.05, 0.1) is 32.3 Å². The Balaban J connectivity index is 1.39. The van der Waals surface area contributed by atoms with Gasteiger partial charge >= 0.3 is 0 Å². The highest BCUT2D eigenvalue weighted by atomic mass is 32.1. The minimum atomic E-state index is -2.08. The highest BCUT2D eigenvalue weighted by molar-refractivity contribution is 7.10. The number of rotatable bonds is 14. The summed E-state index contributed by atoms with van der Waals surface area (Å²) in [7, 11) is 0. The molecule has 0 saturated carbocycles. The third-order valence-electron chi connectivity index (χ3n) is 7.05. The third-order valence-corrected chi connectivity index (χ3v) is 8.17. The van der Waals surface area contributed by atoms with Gasteiger partial charge in [0.2, 0.25) is 11.8 Å². The average molecular weight is 655 g/mol. The van der Waals surface area contributed by atoms with Crippen molar-refractivity contribution in [1.29, 1.82) is 5.41 Å². The highest BCUT2D eigenvalue weighted by Gasteiger charge is 2.49. The van der Waals surface area contributed by atoms with Crippen LogP contribution < -0.4 is 21.1 Å². The summed E-state index contributed by atoms with van der Waals surface area (Å²) in [6, 6.07) is 11.4. The molecule has 1 aliphatic rings. The van der Waals surface area contributed by atoms with Crippen LogP contribution in [-0.4, -0.2) is 73.0 Å². The average Bonchev–Trinajstić information content (AvgIpc) is 3.67. The number of thiophene rings is 1. The van der Waals surface area contributed by atoms with Crippen LogP contribution in [0.4, 0.5) is 8.78 Å². The van der Waals surface area contributed by atoms with Crippen molar-refractivity contribution in [1.82, 2.24) is 15.5 Å². The standard InChI is InChI=1S/C30H32F2N8O5S/c1-18(25-12-20(15-46-25)27(33)34)38-29(43)24-13-30(32,17-44-11-10-37-39-35)16-40(24)26(41)14-36-28(42)19-2-6-22(7-3-19)45-23-8-4-21(31)5-9-23/h2-9,12,15,18,24H,10-11,13-14,16-17H2,1H3,(H3,33,34)(H,36,42)(H,38,43)/t18-,24+,30-/m1/s1. The van der Waals surface area contributed by atoms with Crippen LogP contribution >= 0.6 is 11.3 Å². The van der Waals surface area contributed by atoms with Gasteiger partial charge in [0.25, 0.3) is 5.91 Å². The first-order valence-electron chi connectivity index (χ1n) is 14.1. The number of carbonyl (C=O) groups excluding carboxylic acids is 3.